The van der Waals surface area contributed by atoms with Gasteiger partial charge in [0.25, 0.3) is 0 Å². The SMILES string of the molecule is O=C(O)c1ccccc1-c1c2ccc(=Pc3ccc4cc5ccccc5cc4c3)cc-2oc2cc(Nc3ccc4cc5ccccc5cc4c3)ccc12. The second-order valence-corrected chi connectivity index (χ2v) is 14.7. The van der Waals surface area contributed by atoms with Crippen molar-refractivity contribution >= 4 is 84.9 Å². The molecular weight excluding hydrogens is 670 g/mol. The first-order valence-electron chi connectivity index (χ1n) is 17.5. The van der Waals surface area contributed by atoms with Crippen LogP contribution in [0, 0.1) is 4.94 Å². The van der Waals surface area contributed by atoms with Gasteiger partial charge < -0.3 is 14.8 Å². The molecule has 0 aromatic heterocycles. The van der Waals surface area contributed by atoms with Crippen molar-refractivity contribution in [3.8, 4) is 22.5 Å². The van der Waals surface area contributed by atoms with E-state index >= 15 is 0 Å². The monoisotopic (exact) mass is 699 g/mol. The molecule has 1 aliphatic heterocycles. The molecule has 0 saturated heterocycles. The zero-order valence-electron chi connectivity index (χ0n) is 28.4. The van der Waals surface area contributed by atoms with Gasteiger partial charge in [-0.2, -0.15) is 0 Å². The Bertz CT molecular complexity index is 3140. The fourth-order valence-electron chi connectivity index (χ4n) is 7.53. The number of anilines is 2. The summed E-state index contributed by atoms with van der Waals surface area (Å²) in [6.07, 6.45) is 0. The van der Waals surface area contributed by atoms with E-state index in [2.05, 4.69) is 133 Å². The lowest BCUT2D eigenvalue weighted by Gasteiger charge is -2.18. The predicted molar refractivity (Wildman–Crippen MR) is 221 cm³/mol. The van der Waals surface area contributed by atoms with E-state index in [-0.39, 0.29) is 5.56 Å². The van der Waals surface area contributed by atoms with E-state index in [1.165, 1.54) is 43.0 Å². The highest BCUT2D eigenvalue weighted by Gasteiger charge is 2.21. The number of aromatic carboxylic acids is 1. The maximum atomic E-state index is 12.5. The standard InChI is InChI=1S/C48H30NO3P/c50-48(51)42-12-6-5-11-41(42)47-43-19-16-38(49-37-15-13-33-21-29-7-1-3-9-31(29)23-35(33)25-37)27-45(43)52-46-28-40(18-20-44(46)47)53-39-17-14-34-22-30-8-2-4-10-32(30)24-36(34)26-39/h1-28,49H,(H,50,51). The third-order valence-electron chi connectivity index (χ3n) is 10.1. The van der Waals surface area contributed by atoms with Gasteiger partial charge in [-0.3, -0.25) is 0 Å². The van der Waals surface area contributed by atoms with Crippen LogP contribution in [0.4, 0.5) is 11.4 Å². The number of nitrogens with one attached hydrogen (secondary N) is 1. The van der Waals surface area contributed by atoms with Gasteiger partial charge in [0.15, 0.2) is 0 Å². The van der Waals surface area contributed by atoms with Gasteiger partial charge in [0.05, 0.1) is 5.56 Å². The first-order chi connectivity index (χ1) is 26.0. The average molecular weight is 700 g/mol. The molecule has 8 aromatic carbocycles. The number of carboxylic acids is 1. The Morgan fingerprint density at radius 3 is 1.81 bits per heavy atom. The number of carbonyl (C=O) groups is 1. The largest absolute Gasteiger partial charge is 0.478 e. The number of carboxylic acid groups (broad SMARTS) is 1. The minimum absolute atomic E-state index is 0.248. The summed E-state index contributed by atoms with van der Waals surface area (Å²) in [5.74, 6) is -0.275. The first kappa shape index (κ1) is 31.0. The molecule has 10 rings (SSSR count). The van der Waals surface area contributed by atoms with E-state index in [4.69, 9.17) is 4.42 Å². The third-order valence-corrected chi connectivity index (χ3v) is 11.1. The number of rotatable bonds is 5. The Morgan fingerprint density at radius 2 is 1.09 bits per heavy atom. The van der Waals surface area contributed by atoms with Crippen molar-refractivity contribution in [2.24, 2.45) is 0 Å². The Morgan fingerprint density at radius 1 is 0.509 bits per heavy atom. The summed E-state index contributed by atoms with van der Waals surface area (Å²) < 4.78 is 6.71. The molecule has 0 radical (unpaired) electrons. The summed E-state index contributed by atoms with van der Waals surface area (Å²) in [7, 11) is 1.04. The number of hydrogen-bond acceptors (Lipinski definition) is 3. The quantitative estimate of drug-likeness (QED) is 0.139. The molecule has 250 valence electrons. The molecule has 1 aliphatic carbocycles. The molecule has 5 heteroatoms. The molecule has 2 aliphatic rings. The second kappa shape index (κ2) is 12.5. The lowest BCUT2D eigenvalue weighted by atomic mass is 9.91. The normalized spacial score (nSPS) is 12.0. The van der Waals surface area contributed by atoms with E-state index in [1.54, 1.807) is 12.1 Å². The van der Waals surface area contributed by atoms with Gasteiger partial charge in [0.1, 0.15) is 11.3 Å². The van der Waals surface area contributed by atoms with Gasteiger partial charge >= 0.3 is 5.97 Å². The minimum Gasteiger partial charge on any atom is -0.478 e. The summed E-state index contributed by atoms with van der Waals surface area (Å²) in [4.78, 5) is 13.6. The Balaban J connectivity index is 1.11. The molecule has 53 heavy (non-hydrogen) atoms. The lowest BCUT2D eigenvalue weighted by molar-refractivity contribution is 0.0697. The summed E-state index contributed by atoms with van der Waals surface area (Å²) in [5, 5.41) is 25.5. The van der Waals surface area contributed by atoms with Crippen molar-refractivity contribution in [1.29, 1.82) is 0 Å². The van der Waals surface area contributed by atoms with Gasteiger partial charge in [-0.15, -0.1) is 0 Å². The highest BCUT2D eigenvalue weighted by atomic mass is 31.1. The van der Waals surface area contributed by atoms with Crippen molar-refractivity contribution < 1.29 is 14.3 Å². The van der Waals surface area contributed by atoms with Gasteiger partial charge in [-0.05, 0) is 134 Å². The van der Waals surface area contributed by atoms with E-state index < -0.39 is 5.97 Å². The van der Waals surface area contributed by atoms with E-state index in [0.29, 0.717) is 16.9 Å². The van der Waals surface area contributed by atoms with Crippen LogP contribution in [0.2, 0.25) is 0 Å². The van der Waals surface area contributed by atoms with Crippen LogP contribution in [0.5, 0.6) is 0 Å². The molecule has 0 spiro atoms. The fourth-order valence-corrected chi connectivity index (χ4v) is 8.52. The van der Waals surface area contributed by atoms with E-state index in [1.807, 2.05) is 30.3 Å². The maximum absolute atomic E-state index is 12.5. The summed E-state index contributed by atoms with van der Waals surface area (Å²) in [5.41, 5.74) is 5.10. The third kappa shape index (κ3) is 5.67. The smallest absolute Gasteiger partial charge is 0.336 e. The van der Waals surface area contributed by atoms with Crippen LogP contribution >= 0.6 is 8.20 Å². The maximum Gasteiger partial charge on any atom is 0.336 e. The van der Waals surface area contributed by atoms with Crippen LogP contribution in [-0.2, 0) is 0 Å². The number of fused-ring (bicyclic) bond motifs is 6. The fraction of sp³-hybridized carbons (Fsp3) is 0. The molecule has 0 bridgehead atoms. The molecule has 8 aromatic rings. The Labute approximate surface area is 306 Å². The van der Waals surface area contributed by atoms with Gasteiger partial charge in [-0.25, -0.2) is 4.79 Å². The van der Waals surface area contributed by atoms with Crippen molar-refractivity contribution in [2.75, 3.05) is 5.32 Å². The summed E-state index contributed by atoms with van der Waals surface area (Å²) in [6, 6.07) is 58.3. The highest BCUT2D eigenvalue weighted by Crippen LogP contribution is 2.43. The van der Waals surface area contributed by atoms with Crippen LogP contribution in [0.3, 0.4) is 0 Å². The molecule has 1 heterocycles. The van der Waals surface area contributed by atoms with Crippen LogP contribution < -0.4 is 10.6 Å². The number of hydrogen-bond donors (Lipinski definition) is 2. The summed E-state index contributed by atoms with van der Waals surface area (Å²) >= 11 is 0. The van der Waals surface area contributed by atoms with Gasteiger partial charge in [0.2, 0.25) is 0 Å². The Kier molecular flexibility index (Phi) is 7.31. The van der Waals surface area contributed by atoms with E-state index in [9.17, 15) is 9.90 Å². The molecule has 0 atom stereocenters. The van der Waals surface area contributed by atoms with Crippen LogP contribution in [0.15, 0.2) is 174 Å². The van der Waals surface area contributed by atoms with Crippen LogP contribution in [0.25, 0.3) is 76.5 Å². The molecule has 0 fully saturated rings. The zero-order valence-corrected chi connectivity index (χ0v) is 29.3. The molecule has 0 unspecified atom stereocenters. The molecule has 4 nitrogen and oxygen atoms in total. The predicted octanol–water partition coefficient (Wildman–Crippen LogP) is 13.1. The Hall–Kier alpha value is -6.74. The topological polar surface area (TPSA) is 62.5 Å². The zero-order chi connectivity index (χ0) is 35.5. The average Bonchev–Trinajstić information content (AvgIpc) is 3.18. The van der Waals surface area contributed by atoms with Crippen LogP contribution in [-0.4, -0.2) is 11.1 Å². The van der Waals surface area contributed by atoms with Crippen molar-refractivity contribution in [3.63, 3.8) is 0 Å². The molecular formula is C48H30NO3P. The van der Waals surface area contributed by atoms with Crippen molar-refractivity contribution in [1.82, 2.24) is 0 Å². The number of benzene rings is 9. The van der Waals surface area contributed by atoms with Gasteiger partial charge in [0, 0.05) is 44.2 Å². The molecule has 0 amide bonds. The van der Waals surface area contributed by atoms with Gasteiger partial charge in [-0.1, -0.05) is 87.1 Å². The minimum atomic E-state index is -0.968. The highest BCUT2D eigenvalue weighted by molar-refractivity contribution is 7.39. The van der Waals surface area contributed by atoms with E-state index in [0.717, 1.165) is 46.4 Å². The second-order valence-electron chi connectivity index (χ2n) is 13.4. The van der Waals surface area contributed by atoms with Crippen LogP contribution in [0.1, 0.15) is 10.4 Å². The van der Waals surface area contributed by atoms with Crippen molar-refractivity contribution in [2.45, 2.75) is 0 Å². The summed E-state index contributed by atoms with van der Waals surface area (Å²) in [6.45, 7) is 0. The first-order valence-corrected chi connectivity index (χ1v) is 18.4. The lowest BCUT2D eigenvalue weighted by Crippen LogP contribution is -2.01. The van der Waals surface area contributed by atoms with Crippen molar-refractivity contribution in [3.05, 3.63) is 180 Å². The molecule has 0 saturated carbocycles. The molecule has 2 N–H and O–H groups in total.